The second-order valence-electron chi connectivity index (χ2n) is 4.95. The van der Waals surface area contributed by atoms with E-state index in [9.17, 15) is 0 Å². The van der Waals surface area contributed by atoms with Crippen LogP contribution in [0.25, 0.3) is 0 Å². The van der Waals surface area contributed by atoms with E-state index < -0.39 is 17.4 Å². The summed E-state index contributed by atoms with van der Waals surface area (Å²) in [7, 11) is 0. The van der Waals surface area contributed by atoms with Gasteiger partial charge in [0.2, 0.25) is 0 Å². The van der Waals surface area contributed by atoms with Gasteiger partial charge in [-0.15, -0.1) is 0 Å². The number of rotatable bonds is 0. The molecule has 0 bridgehead atoms. The van der Waals surface area contributed by atoms with Crippen LogP contribution in [0.2, 0.25) is 0 Å². The quantitative estimate of drug-likeness (QED) is 0.643. The van der Waals surface area contributed by atoms with Crippen molar-refractivity contribution in [3.8, 4) is 4.20 Å². The van der Waals surface area contributed by atoms with Crippen molar-refractivity contribution in [2.75, 3.05) is 0 Å². The van der Waals surface area contributed by atoms with Crippen LogP contribution in [0, 0.1) is 15.0 Å². The van der Waals surface area contributed by atoms with Gasteiger partial charge in [0.1, 0.15) is 0 Å². The van der Waals surface area contributed by atoms with Crippen molar-refractivity contribution in [2.24, 2.45) is 10.8 Å². The Labute approximate surface area is 78.5 Å². The van der Waals surface area contributed by atoms with E-state index in [0.717, 1.165) is 0 Å². The predicted octanol–water partition coefficient (Wildman–Crippen LogP) is 2.92. The summed E-state index contributed by atoms with van der Waals surface area (Å²) in [5, 5.41) is 0. The van der Waals surface area contributed by atoms with Crippen molar-refractivity contribution >= 4 is 4.40 Å². The fraction of sp³-hybridized carbons (Fsp3) is 0.800. The van der Waals surface area contributed by atoms with Gasteiger partial charge < -0.3 is 0 Å². The van der Waals surface area contributed by atoms with Crippen LogP contribution in [0.15, 0.2) is 0 Å². The maximum atomic E-state index is 3.59. The standard InChI is InChI=1S/C5H10.C5H9.W/c2*1-5(2,3)4;/h1H,2-4H3;1-3H3;. The second kappa shape index (κ2) is 3.83. The third kappa shape index (κ3) is 10.3. The van der Waals surface area contributed by atoms with Crippen molar-refractivity contribution in [1.29, 1.82) is 0 Å². The molecule has 0 aromatic heterocycles. The Hall–Kier alpha value is 0.338. The first-order valence-corrected chi connectivity index (χ1v) is 7.14. The van der Waals surface area contributed by atoms with Gasteiger partial charge in [-0.05, 0) is 0 Å². The van der Waals surface area contributed by atoms with E-state index >= 15 is 0 Å². The van der Waals surface area contributed by atoms with Crippen LogP contribution in [-0.2, 0) is 17.4 Å². The van der Waals surface area contributed by atoms with Crippen LogP contribution >= 0.6 is 0 Å². The fourth-order valence-corrected chi connectivity index (χ4v) is 3.14. The molecule has 0 radical (unpaired) electrons. The summed E-state index contributed by atoms with van der Waals surface area (Å²) in [5.41, 5.74) is 0.718. The number of hydrogen-bond acceptors (Lipinski definition) is 0. The van der Waals surface area contributed by atoms with Crippen LogP contribution in [-0.4, -0.2) is 4.40 Å². The number of hydrogen-bond donors (Lipinski definition) is 0. The molecule has 0 saturated carbocycles. The molecular weight excluding hydrogens is 304 g/mol. The third-order valence-corrected chi connectivity index (χ3v) is 6.36. The van der Waals surface area contributed by atoms with E-state index in [0.29, 0.717) is 10.8 Å². The van der Waals surface area contributed by atoms with Crippen molar-refractivity contribution < 1.29 is 17.4 Å². The summed E-state index contributed by atoms with van der Waals surface area (Å²) < 4.78 is 6.06. The SMILES string of the molecule is CC(C)(C)[C]#[W]=[CH]C(C)(C)C. The summed E-state index contributed by atoms with van der Waals surface area (Å²) >= 11 is -0.405. The Kier molecular flexibility index (Phi) is 3.95. The van der Waals surface area contributed by atoms with E-state index in [4.69, 9.17) is 0 Å². The Bertz CT molecular complexity index is 216. The van der Waals surface area contributed by atoms with Gasteiger partial charge in [0.25, 0.3) is 0 Å². The molecule has 0 heterocycles. The van der Waals surface area contributed by atoms with Crippen molar-refractivity contribution in [2.45, 2.75) is 41.5 Å². The topological polar surface area (TPSA) is 0 Å². The molecule has 0 atom stereocenters. The molecule has 0 aromatic rings. The third-order valence-electron chi connectivity index (χ3n) is 0.778. The first-order valence-electron chi connectivity index (χ1n) is 3.98. The van der Waals surface area contributed by atoms with Gasteiger partial charge in [-0.3, -0.25) is 0 Å². The Balaban J connectivity index is 4.42. The summed E-state index contributed by atoms with van der Waals surface area (Å²) in [6, 6.07) is 0. The van der Waals surface area contributed by atoms with E-state index in [-0.39, 0.29) is 0 Å². The molecule has 0 aliphatic rings. The first kappa shape index (κ1) is 11.3. The van der Waals surface area contributed by atoms with Gasteiger partial charge in [0.05, 0.1) is 0 Å². The van der Waals surface area contributed by atoms with E-state index in [1.54, 1.807) is 0 Å². The molecule has 0 spiro atoms. The monoisotopic (exact) mass is 323 g/mol. The van der Waals surface area contributed by atoms with Gasteiger partial charge >= 0.3 is 78.4 Å². The van der Waals surface area contributed by atoms with Crippen LogP contribution in [0.1, 0.15) is 41.5 Å². The van der Waals surface area contributed by atoms with Crippen molar-refractivity contribution in [1.82, 2.24) is 0 Å². The van der Waals surface area contributed by atoms with E-state index in [1.165, 1.54) is 0 Å². The molecule has 65 valence electrons. The molecule has 0 saturated heterocycles. The van der Waals surface area contributed by atoms with Gasteiger partial charge in [0, 0.05) is 0 Å². The van der Waals surface area contributed by atoms with Gasteiger partial charge in [0.15, 0.2) is 0 Å². The van der Waals surface area contributed by atoms with Crippen LogP contribution in [0.4, 0.5) is 0 Å². The molecule has 0 aliphatic heterocycles. The second-order valence-corrected chi connectivity index (χ2v) is 7.38. The van der Waals surface area contributed by atoms with Crippen LogP contribution < -0.4 is 0 Å². The molecule has 1 heteroatoms. The zero-order valence-electron chi connectivity index (χ0n) is 8.49. The Morgan fingerprint density at radius 3 is 1.73 bits per heavy atom. The predicted molar refractivity (Wildman–Crippen MR) is 48.9 cm³/mol. The molecule has 0 aromatic carbocycles. The van der Waals surface area contributed by atoms with E-state index in [2.05, 4.69) is 50.1 Å². The molecule has 0 aliphatic carbocycles. The first-order chi connectivity index (χ1) is 4.71. The molecule has 0 nitrogen and oxygen atoms in total. The molecule has 0 fully saturated rings. The zero-order valence-corrected chi connectivity index (χ0v) is 11.4. The van der Waals surface area contributed by atoms with Gasteiger partial charge in [-0.1, -0.05) is 0 Å². The summed E-state index contributed by atoms with van der Waals surface area (Å²) in [5.74, 6) is 0. The molecule has 0 unspecified atom stereocenters. The molecule has 0 amide bonds. The minimum atomic E-state index is -0.405. The van der Waals surface area contributed by atoms with Crippen molar-refractivity contribution in [3.05, 3.63) is 0 Å². The Morgan fingerprint density at radius 1 is 1.00 bits per heavy atom. The average Bonchev–Trinajstić information content (AvgIpc) is 1.55. The van der Waals surface area contributed by atoms with Gasteiger partial charge in [-0.25, -0.2) is 0 Å². The van der Waals surface area contributed by atoms with E-state index in [1.807, 2.05) is 0 Å². The summed E-state index contributed by atoms with van der Waals surface area (Å²) in [6.45, 7) is 13.5. The van der Waals surface area contributed by atoms with Crippen LogP contribution in [0.3, 0.4) is 0 Å². The maximum absolute atomic E-state index is 3.59. The average molecular weight is 323 g/mol. The summed E-state index contributed by atoms with van der Waals surface area (Å²) in [6.07, 6.45) is 0. The molecule has 11 heavy (non-hydrogen) atoms. The minimum absolute atomic E-state index is 0.312. The molecule has 0 N–H and O–H groups in total. The molecule has 0 rings (SSSR count). The zero-order chi connectivity index (χ0) is 9.12. The fourth-order valence-electron chi connectivity index (χ4n) is 0.383. The normalized spacial score (nSPS) is 11.8. The van der Waals surface area contributed by atoms with Gasteiger partial charge in [-0.2, -0.15) is 0 Å². The molecular formula is C10H19W. The Morgan fingerprint density at radius 2 is 1.45 bits per heavy atom. The van der Waals surface area contributed by atoms with Crippen LogP contribution in [0.5, 0.6) is 0 Å². The summed E-state index contributed by atoms with van der Waals surface area (Å²) in [4.78, 5) is 0. The van der Waals surface area contributed by atoms with Crippen molar-refractivity contribution in [3.63, 3.8) is 0 Å².